The minimum atomic E-state index is -4.52. The number of alkyl halides is 3. The molecule has 6 fully saturated rings. The van der Waals surface area contributed by atoms with E-state index < -0.39 is 180 Å². The van der Waals surface area contributed by atoms with Crippen LogP contribution in [0, 0.1) is 35.5 Å². The van der Waals surface area contributed by atoms with Crippen LogP contribution in [-0.4, -0.2) is 294 Å². The number of ether oxygens (including phenoxy) is 2. The van der Waals surface area contributed by atoms with E-state index in [1.165, 1.54) is 112 Å². The number of likely N-dealkylation sites (N-methyl/N-ethyl adjacent to an activating group) is 7. The van der Waals surface area contributed by atoms with Gasteiger partial charge in [-0.05, 0) is 126 Å². The number of carbonyl (C=O) groups is 12. The second-order valence-corrected chi connectivity index (χ2v) is 32.2. The van der Waals surface area contributed by atoms with E-state index in [0.29, 0.717) is 50.9 Å². The maximum absolute atomic E-state index is 15.8. The molecule has 12 amide bonds. The Morgan fingerprint density at radius 1 is 0.654 bits per heavy atom. The second kappa shape index (κ2) is 38.6. The van der Waals surface area contributed by atoms with E-state index in [4.69, 9.17) is 9.47 Å². The van der Waals surface area contributed by atoms with Crippen molar-refractivity contribution in [2.24, 2.45) is 35.5 Å². The summed E-state index contributed by atoms with van der Waals surface area (Å²) in [6, 6.07) is -11.1. The smallest absolute Gasteiger partial charge is 0.381 e. The normalized spacial score (nSPS) is 31.7. The molecule has 2 bridgehead atoms. The van der Waals surface area contributed by atoms with Crippen molar-refractivity contribution in [3.05, 3.63) is 12.2 Å². The Balaban J connectivity index is 1.34. The highest BCUT2D eigenvalue weighted by molar-refractivity contribution is 6.01. The summed E-state index contributed by atoms with van der Waals surface area (Å²) in [5.74, 6) is -10.1. The number of hydrogen-bond donors (Lipinski definition) is 2. The molecule has 4 aliphatic heterocycles. The zero-order valence-corrected chi connectivity index (χ0v) is 66.8. The molecule has 7 rings (SSSR count). The van der Waals surface area contributed by atoms with E-state index in [2.05, 4.69) is 17.6 Å². The van der Waals surface area contributed by atoms with E-state index in [0.717, 1.165) is 25.7 Å². The molecule has 0 aromatic carbocycles. The molecule has 0 aromatic rings. The van der Waals surface area contributed by atoms with Gasteiger partial charge in [0.15, 0.2) is 0 Å². The number of nitrogens with one attached hydrogen (secondary N) is 2. The highest BCUT2D eigenvalue weighted by atomic mass is 19.4. The Hall–Kier alpha value is -6.91. The van der Waals surface area contributed by atoms with Crippen molar-refractivity contribution in [2.45, 2.75) is 281 Å². The van der Waals surface area contributed by atoms with Gasteiger partial charge in [-0.3, -0.25) is 57.5 Å². The first-order valence-electron chi connectivity index (χ1n) is 39.7. The molecule has 2 N–H and O–H groups in total. The fourth-order valence-electron chi connectivity index (χ4n) is 17.8. The van der Waals surface area contributed by atoms with Crippen LogP contribution in [0.3, 0.4) is 0 Å². The molecule has 29 heteroatoms. The third-order valence-corrected chi connectivity index (χ3v) is 25.2. The number of nitrogens with zero attached hydrogens (tertiary/aromatic N) is 10. The summed E-state index contributed by atoms with van der Waals surface area (Å²) in [7, 11) is 12.9. The molecule has 26 nitrogen and oxygen atoms in total. The maximum Gasteiger partial charge on any atom is 0.394 e. The molecule has 4 heterocycles. The first-order chi connectivity index (χ1) is 50.6. The maximum atomic E-state index is 15.8. The molecule has 604 valence electrons. The lowest BCUT2D eigenvalue weighted by atomic mass is 9.73. The molecule has 3 unspecified atom stereocenters. The highest BCUT2D eigenvalue weighted by Crippen LogP contribution is 2.44. The van der Waals surface area contributed by atoms with Crippen molar-refractivity contribution in [3.63, 3.8) is 0 Å². The van der Waals surface area contributed by atoms with Crippen LogP contribution in [0.5, 0.6) is 0 Å². The van der Waals surface area contributed by atoms with Crippen LogP contribution in [0.2, 0.25) is 0 Å². The van der Waals surface area contributed by atoms with Gasteiger partial charge in [0.05, 0.1) is 31.1 Å². The van der Waals surface area contributed by atoms with Gasteiger partial charge >= 0.3 is 6.18 Å². The quantitative estimate of drug-likeness (QED) is 0.158. The third kappa shape index (κ3) is 20.2. The summed E-state index contributed by atoms with van der Waals surface area (Å²) in [5, 5.41) is 5.89. The van der Waals surface area contributed by atoms with Gasteiger partial charge in [0.25, 0.3) is 0 Å². The van der Waals surface area contributed by atoms with Gasteiger partial charge < -0.3 is 69.1 Å². The Morgan fingerprint density at radius 2 is 1.32 bits per heavy atom. The van der Waals surface area contributed by atoms with Crippen molar-refractivity contribution in [3.8, 4) is 0 Å². The van der Waals surface area contributed by atoms with E-state index in [-0.39, 0.29) is 115 Å². The molecular formula is C78H127F3N12O14. The van der Waals surface area contributed by atoms with Crippen molar-refractivity contribution in [1.29, 1.82) is 0 Å². The van der Waals surface area contributed by atoms with E-state index in [1.807, 2.05) is 39.8 Å². The summed E-state index contributed by atoms with van der Waals surface area (Å²) in [5.41, 5.74) is -1.56. The number of hydrogen-bond acceptors (Lipinski definition) is 14. The number of methoxy groups -OCH3 is 1. The van der Waals surface area contributed by atoms with Gasteiger partial charge in [-0.2, -0.15) is 13.2 Å². The van der Waals surface area contributed by atoms with E-state index in [9.17, 15) is 32.3 Å². The molecule has 3 saturated heterocycles. The Bertz CT molecular complexity index is 3160. The number of fused-ring (bicyclic) bond motifs is 4. The second-order valence-electron chi connectivity index (χ2n) is 32.2. The van der Waals surface area contributed by atoms with Crippen LogP contribution in [-0.2, 0) is 67.0 Å². The Morgan fingerprint density at radius 3 is 1.91 bits per heavy atom. The fourth-order valence-corrected chi connectivity index (χ4v) is 17.8. The lowest BCUT2D eigenvalue weighted by Gasteiger charge is -2.51. The summed E-state index contributed by atoms with van der Waals surface area (Å²) < 4.78 is 54.6. The SMILES string of the molecule is CCC[C@H]1C(=O)N[C@@H]([C@@H](C)CC)C(=O)N2CCC[C@H]2C(=O)N(C)[C@H]2C/C=C\CCN(C2=O)[C@@H](CC2CCC(C)CC2)C(=O)N(C)CC(=O)N[C@@H](CCC2CCC(C(F)(F)F)C(OC)C2)C(=O)N2C[C@H](OCC)C[C@H]2C(=O)N(C)C2(CCC2)C(=O)N(C)[C@@H](C(CC)CC)C(=O)N(C)[C@H](C(=O)N(C)C)CC(=O)N1C. The van der Waals surface area contributed by atoms with Crippen LogP contribution in [0.25, 0.3) is 0 Å². The third-order valence-electron chi connectivity index (χ3n) is 25.2. The first-order valence-corrected chi connectivity index (χ1v) is 39.7. The molecule has 0 radical (unpaired) electrons. The van der Waals surface area contributed by atoms with Crippen LogP contribution in [0.4, 0.5) is 13.2 Å². The summed E-state index contributed by atoms with van der Waals surface area (Å²) in [4.78, 5) is 197. The zero-order chi connectivity index (χ0) is 79.3. The number of rotatable bonds is 16. The molecule has 0 aromatic heterocycles. The van der Waals surface area contributed by atoms with Crippen molar-refractivity contribution in [1.82, 2.24) is 59.6 Å². The molecule has 7 aliphatic rings. The highest BCUT2D eigenvalue weighted by Gasteiger charge is 2.57. The van der Waals surface area contributed by atoms with Gasteiger partial charge in [-0.15, -0.1) is 0 Å². The van der Waals surface area contributed by atoms with Crippen LogP contribution >= 0.6 is 0 Å². The fraction of sp³-hybridized carbons (Fsp3) is 0.821. The van der Waals surface area contributed by atoms with Gasteiger partial charge in [-0.25, -0.2) is 0 Å². The minimum absolute atomic E-state index is 0.00143. The standard InChI is InChI=1S/C78H127F3N12O14/c1-17-27-56-67(96)83-65(49(7)18-2)74(103)91-41-25-29-58(91)71(100)87(12)57-28-23-22-24-40-92(73(57)102)60(42-50-32-30-48(6)31-33-50)70(99)85(10)47-63(94)82-55(37-35-51-34-36-54(78(79,80)81)62(43-51)106-16)68(97)93-46-53(107-21-5)44-61(93)72(101)90(15)77(38-26-39-77)76(105)89(14)66(52(19-3)20-4)75(104)88(13)59(69(98)84(8)9)45-64(95)86(56)11/h22-23,48-62,65-66H,17-21,24-47H2,1-16H3,(H,82,94)(H,83,96)/b23-22-/t48?,49-,50?,51?,53+,54?,55-,56-,57-,58-,59-,60-,61-,62?,65-,66-/m0/s1. The molecule has 3 saturated carbocycles. The van der Waals surface area contributed by atoms with Crippen molar-refractivity contribution < 1.29 is 80.2 Å². The Kier molecular flexibility index (Phi) is 31.5. The predicted molar refractivity (Wildman–Crippen MR) is 396 cm³/mol. The minimum Gasteiger partial charge on any atom is -0.381 e. The molecule has 1 spiro atoms. The van der Waals surface area contributed by atoms with Gasteiger partial charge in [-0.1, -0.05) is 105 Å². The van der Waals surface area contributed by atoms with Crippen LogP contribution in [0.15, 0.2) is 12.2 Å². The average Bonchev–Trinajstić information content (AvgIpc) is 1.57. The Labute approximate surface area is 632 Å². The molecule has 14 atom stereocenters. The van der Waals surface area contributed by atoms with E-state index in [1.54, 1.807) is 13.8 Å². The van der Waals surface area contributed by atoms with Gasteiger partial charge in [0, 0.05) is 96.2 Å². The van der Waals surface area contributed by atoms with Gasteiger partial charge in [0.2, 0.25) is 70.9 Å². The average molecular weight is 1510 g/mol. The van der Waals surface area contributed by atoms with Crippen LogP contribution in [0.1, 0.15) is 203 Å². The van der Waals surface area contributed by atoms with Crippen molar-refractivity contribution >= 4 is 70.9 Å². The first kappa shape index (κ1) is 87.3. The molecule has 107 heavy (non-hydrogen) atoms. The molecule has 3 aliphatic carbocycles. The lowest BCUT2D eigenvalue weighted by Crippen LogP contribution is -2.68. The van der Waals surface area contributed by atoms with Gasteiger partial charge in [0.1, 0.15) is 59.9 Å². The monoisotopic (exact) mass is 1510 g/mol. The summed E-state index contributed by atoms with van der Waals surface area (Å²) in [6.07, 6.45) is 3.89. The predicted octanol–water partition coefficient (Wildman–Crippen LogP) is 6.41. The van der Waals surface area contributed by atoms with E-state index >= 15 is 38.4 Å². The lowest BCUT2D eigenvalue weighted by molar-refractivity contribution is -0.215. The summed E-state index contributed by atoms with van der Waals surface area (Å²) >= 11 is 0. The summed E-state index contributed by atoms with van der Waals surface area (Å²) in [6.45, 7) is 12.8. The largest absolute Gasteiger partial charge is 0.394 e. The molecular weight excluding hydrogens is 1390 g/mol. The zero-order valence-electron chi connectivity index (χ0n) is 66.8. The topological polar surface area (TPSA) is 280 Å². The number of carbonyl (C=O) groups excluding carboxylic acids is 12. The number of halogens is 3. The number of amides is 12. The van der Waals surface area contributed by atoms with Crippen LogP contribution < -0.4 is 10.6 Å². The van der Waals surface area contributed by atoms with Crippen molar-refractivity contribution in [2.75, 3.05) is 96.3 Å².